The molecule has 1 saturated carbocycles. The van der Waals surface area contributed by atoms with Crippen molar-refractivity contribution in [1.29, 1.82) is 0 Å². The third kappa shape index (κ3) is 7.59. The number of carbonyl (C=O) groups is 4. The van der Waals surface area contributed by atoms with Gasteiger partial charge in [0.2, 0.25) is 11.8 Å². The number of barbiturate groups is 1. The van der Waals surface area contributed by atoms with Crippen LogP contribution in [0.4, 0.5) is 4.79 Å². The number of ether oxygens (including phenoxy) is 2. The predicted octanol–water partition coefficient (Wildman–Crippen LogP) is 2.71. The molecule has 1 heterocycles. The molecule has 2 rings (SSSR count). The molecule has 0 bridgehead atoms. The molecule has 8 nitrogen and oxygen atoms in total. The Kier molecular flexibility index (Phi) is 9.87. The molecule has 0 atom stereocenters. The quantitative estimate of drug-likeness (QED) is 0.216. The molecule has 0 spiro atoms. The zero-order valence-electron chi connectivity index (χ0n) is 17.1. The Morgan fingerprint density at radius 1 is 0.966 bits per heavy atom. The molecule has 1 saturated heterocycles. The van der Waals surface area contributed by atoms with Gasteiger partial charge in [-0.3, -0.25) is 24.2 Å². The first kappa shape index (κ1) is 23.6. The summed E-state index contributed by atoms with van der Waals surface area (Å²) in [7, 11) is 1.66. The minimum absolute atomic E-state index is 0.145. The Morgan fingerprint density at radius 2 is 1.59 bits per heavy atom. The molecule has 0 N–H and O–H groups in total. The van der Waals surface area contributed by atoms with E-state index in [0.29, 0.717) is 13.0 Å². The Hall–Kier alpha value is -1.67. The summed E-state index contributed by atoms with van der Waals surface area (Å²) in [5, 5.41) is 0.145. The fourth-order valence-electron chi connectivity index (χ4n) is 3.64. The first-order valence-electron chi connectivity index (χ1n) is 10.4. The summed E-state index contributed by atoms with van der Waals surface area (Å²) in [5.41, 5.74) is 0. The molecular formula is C20H31ClN2O6. The predicted molar refractivity (Wildman–Crippen MR) is 106 cm³/mol. The molecule has 0 aromatic rings. The molecular weight excluding hydrogens is 400 g/mol. The summed E-state index contributed by atoms with van der Waals surface area (Å²) in [4.78, 5) is 51.0. The summed E-state index contributed by atoms with van der Waals surface area (Å²) >= 11 is 6.11. The van der Waals surface area contributed by atoms with Crippen LogP contribution in [0.5, 0.6) is 0 Å². The van der Waals surface area contributed by atoms with Gasteiger partial charge in [0.05, 0.1) is 6.61 Å². The molecule has 0 radical (unpaired) electrons. The van der Waals surface area contributed by atoms with Crippen LogP contribution in [0.15, 0.2) is 0 Å². The number of urea groups is 1. The van der Waals surface area contributed by atoms with Gasteiger partial charge < -0.3 is 9.47 Å². The van der Waals surface area contributed by atoms with E-state index in [1.165, 1.54) is 0 Å². The van der Waals surface area contributed by atoms with Gasteiger partial charge in [0.1, 0.15) is 13.0 Å². The monoisotopic (exact) mass is 430 g/mol. The van der Waals surface area contributed by atoms with Gasteiger partial charge in [0, 0.05) is 25.6 Å². The van der Waals surface area contributed by atoms with Crippen LogP contribution in [-0.2, 0) is 23.9 Å². The molecule has 4 amide bonds. The van der Waals surface area contributed by atoms with E-state index in [1.54, 1.807) is 7.11 Å². The number of nitrogens with zero attached hydrogens (tertiary/aromatic N) is 2. The van der Waals surface area contributed by atoms with E-state index < -0.39 is 36.8 Å². The van der Waals surface area contributed by atoms with Crippen LogP contribution < -0.4 is 0 Å². The average molecular weight is 431 g/mol. The largest absolute Gasteiger partial charge is 0.464 e. The zero-order valence-corrected chi connectivity index (χ0v) is 17.8. The second-order valence-electron chi connectivity index (χ2n) is 7.69. The van der Waals surface area contributed by atoms with Crippen LogP contribution in [0.25, 0.3) is 0 Å². The van der Waals surface area contributed by atoms with E-state index in [-0.39, 0.29) is 24.4 Å². The Labute approximate surface area is 176 Å². The first-order valence-corrected chi connectivity index (χ1v) is 10.8. The Balaban J connectivity index is 1.78. The number of imide groups is 2. The highest BCUT2D eigenvalue weighted by atomic mass is 35.5. The fourth-order valence-corrected chi connectivity index (χ4v) is 3.89. The van der Waals surface area contributed by atoms with Crippen LogP contribution in [0, 0.1) is 5.92 Å². The molecule has 9 heteroatoms. The summed E-state index contributed by atoms with van der Waals surface area (Å²) in [6.45, 7) is 0.759. The highest BCUT2D eigenvalue weighted by Crippen LogP contribution is 2.29. The van der Waals surface area contributed by atoms with Crippen molar-refractivity contribution in [3.8, 4) is 0 Å². The van der Waals surface area contributed by atoms with Crippen molar-refractivity contribution < 1.29 is 28.7 Å². The number of amides is 4. The van der Waals surface area contributed by atoms with Crippen molar-refractivity contribution in [3.63, 3.8) is 0 Å². The number of hydrogen-bond donors (Lipinski definition) is 0. The smallest absolute Gasteiger partial charge is 0.333 e. The number of esters is 1. The van der Waals surface area contributed by atoms with Gasteiger partial charge in [-0.2, -0.15) is 0 Å². The Morgan fingerprint density at radius 3 is 2.24 bits per heavy atom. The zero-order chi connectivity index (χ0) is 21.2. The molecule has 1 aliphatic carbocycles. The van der Waals surface area contributed by atoms with Crippen LogP contribution in [0.1, 0.15) is 57.8 Å². The summed E-state index contributed by atoms with van der Waals surface area (Å²) in [6, 6.07) is -0.726. The lowest BCUT2D eigenvalue weighted by Crippen LogP contribution is -2.57. The third-order valence-corrected chi connectivity index (χ3v) is 5.81. The van der Waals surface area contributed by atoms with Gasteiger partial charge in [-0.15, -0.1) is 11.6 Å². The SMILES string of the molecule is COCCCCCCOC(=O)CN1C(=O)CC(=O)N(CC2CCC(Cl)CC2)C1=O. The molecule has 0 aromatic carbocycles. The van der Waals surface area contributed by atoms with Gasteiger partial charge in [0.15, 0.2) is 0 Å². The summed E-state index contributed by atoms with van der Waals surface area (Å²) < 4.78 is 10.1. The Bertz CT molecular complexity index is 592. The van der Waals surface area contributed by atoms with Crippen molar-refractivity contribution in [3.05, 3.63) is 0 Å². The minimum atomic E-state index is -0.726. The maximum atomic E-state index is 12.7. The number of unbranched alkanes of at least 4 members (excludes halogenated alkanes) is 3. The molecule has 0 aromatic heterocycles. The normalized spacial score (nSPS) is 22.9. The number of halogens is 1. The molecule has 164 valence electrons. The maximum absolute atomic E-state index is 12.7. The van der Waals surface area contributed by atoms with Crippen molar-refractivity contribution >= 4 is 35.4 Å². The second kappa shape index (κ2) is 12.1. The fraction of sp³-hybridized carbons (Fsp3) is 0.800. The number of alkyl halides is 1. The standard InChI is InChI=1S/C20H31ClN2O6/c1-28-10-4-2-3-5-11-29-19(26)14-23-18(25)12-17(24)22(20(23)27)13-15-6-8-16(21)9-7-15/h15-16H,2-14H2,1H3. The summed E-state index contributed by atoms with van der Waals surface area (Å²) in [6.07, 6.45) is 6.54. The van der Waals surface area contributed by atoms with E-state index >= 15 is 0 Å². The van der Waals surface area contributed by atoms with Crippen LogP contribution in [-0.4, -0.2) is 72.4 Å². The number of hydrogen-bond acceptors (Lipinski definition) is 6. The molecule has 0 unspecified atom stereocenters. The lowest BCUT2D eigenvalue weighted by Gasteiger charge is -2.35. The molecule has 1 aliphatic heterocycles. The van der Waals surface area contributed by atoms with Gasteiger partial charge in [-0.25, -0.2) is 4.79 Å². The van der Waals surface area contributed by atoms with Crippen LogP contribution >= 0.6 is 11.6 Å². The van der Waals surface area contributed by atoms with Crippen molar-refractivity contribution in [2.75, 3.05) is 33.4 Å². The van der Waals surface area contributed by atoms with E-state index in [9.17, 15) is 19.2 Å². The average Bonchev–Trinajstić information content (AvgIpc) is 2.69. The van der Waals surface area contributed by atoms with Gasteiger partial charge >= 0.3 is 12.0 Å². The van der Waals surface area contributed by atoms with Gasteiger partial charge in [-0.1, -0.05) is 6.42 Å². The van der Waals surface area contributed by atoms with Gasteiger partial charge in [-0.05, 0) is 50.9 Å². The second-order valence-corrected chi connectivity index (χ2v) is 8.31. The van der Waals surface area contributed by atoms with E-state index in [0.717, 1.165) is 54.7 Å². The minimum Gasteiger partial charge on any atom is -0.464 e. The lowest BCUT2D eigenvalue weighted by molar-refractivity contribution is -0.152. The van der Waals surface area contributed by atoms with E-state index in [4.69, 9.17) is 21.1 Å². The first-order chi connectivity index (χ1) is 13.9. The number of methoxy groups -OCH3 is 1. The molecule has 29 heavy (non-hydrogen) atoms. The maximum Gasteiger partial charge on any atom is 0.333 e. The van der Waals surface area contributed by atoms with Crippen molar-refractivity contribution in [1.82, 2.24) is 9.80 Å². The number of rotatable bonds is 11. The number of carbonyl (C=O) groups excluding carboxylic acids is 4. The third-order valence-electron chi connectivity index (χ3n) is 5.38. The van der Waals surface area contributed by atoms with E-state index in [2.05, 4.69) is 0 Å². The van der Waals surface area contributed by atoms with Crippen LogP contribution in [0.2, 0.25) is 0 Å². The molecule has 2 aliphatic rings. The van der Waals surface area contributed by atoms with Crippen molar-refractivity contribution in [2.24, 2.45) is 5.92 Å². The van der Waals surface area contributed by atoms with E-state index in [1.807, 2.05) is 0 Å². The van der Waals surface area contributed by atoms with Crippen LogP contribution in [0.3, 0.4) is 0 Å². The highest BCUT2D eigenvalue weighted by molar-refractivity contribution is 6.20. The lowest BCUT2D eigenvalue weighted by atomic mass is 9.88. The van der Waals surface area contributed by atoms with Crippen molar-refractivity contribution in [2.45, 2.75) is 63.2 Å². The van der Waals surface area contributed by atoms with Gasteiger partial charge in [0.25, 0.3) is 0 Å². The summed E-state index contributed by atoms with van der Waals surface area (Å²) in [5.74, 6) is -1.62. The topological polar surface area (TPSA) is 93.2 Å². The highest BCUT2D eigenvalue weighted by Gasteiger charge is 2.40. The molecule has 2 fully saturated rings.